The number of ether oxygens (including phenoxy) is 2. The molecule has 0 aromatic heterocycles. The molecule has 0 aliphatic carbocycles. The summed E-state index contributed by atoms with van der Waals surface area (Å²) in [7, 11) is 1.23. The maximum Gasteiger partial charge on any atom is 0.328 e. The Morgan fingerprint density at radius 3 is 2.28 bits per heavy atom. The standard InChI is InChI=1S/C24H36N2O6/c1-4-5-6-7-11-14-21(27)26-20(23(29)25-18(2)24(30)31-3)15-16-22(28)32-17-19-12-9-8-10-13-19/h8-10,12-13,18,20H,4-7,11,14-17H2,1-3H3,(H,25,29)(H,26,27)/t18-,20+/m0/s1. The van der Waals surface area contributed by atoms with Crippen molar-refractivity contribution in [1.82, 2.24) is 10.6 Å². The number of methoxy groups -OCH3 is 1. The van der Waals surface area contributed by atoms with Crippen LogP contribution in [0.3, 0.4) is 0 Å². The molecule has 0 aliphatic heterocycles. The Morgan fingerprint density at radius 2 is 1.62 bits per heavy atom. The second-order valence-electron chi connectivity index (χ2n) is 7.72. The first-order chi connectivity index (χ1) is 15.4. The monoisotopic (exact) mass is 448 g/mol. The van der Waals surface area contributed by atoms with Gasteiger partial charge in [-0.2, -0.15) is 0 Å². The van der Waals surface area contributed by atoms with Gasteiger partial charge >= 0.3 is 11.9 Å². The molecule has 2 N–H and O–H groups in total. The van der Waals surface area contributed by atoms with Crippen LogP contribution in [0.4, 0.5) is 0 Å². The van der Waals surface area contributed by atoms with E-state index in [9.17, 15) is 19.2 Å². The van der Waals surface area contributed by atoms with Gasteiger partial charge < -0.3 is 20.1 Å². The van der Waals surface area contributed by atoms with Crippen molar-refractivity contribution in [3.63, 3.8) is 0 Å². The SMILES string of the molecule is CCCCCCCC(=O)N[C@H](CCC(=O)OCc1ccccc1)C(=O)N[C@@H](C)C(=O)OC. The Balaban J connectivity index is 2.59. The largest absolute Gasteiger partial charge is 0.467 e. The molecule has 0 unspecified atom stereocenters. The molecular formula is C24H36N2O6. The number of nitrogens with one attached hydrogen (secondary N) is 2. The molecule has 178 valence electrons. The fraction of sp³-hybridized carbons (Fsp3) is 0.583. The first-order valence-electron chi connectivity index (χ1n) is 11.2. The molecule has 0 radical (unpaired) electrons. The molecule has 0 heterocycles. The number of carbonyl (C=O) groups excluding carboxylic acids is 4. The molecule has 1 rings (SSSR count). The highest BCUT2D eigenvalue weighted by molar-refractivity contribution is 5.90. The van der Waals surface area contributed by atoms with E-state index in [2.05, 4.69) is 22.3 Å². The zero-order valence-corrected chi connectivity index (χ0v) is 19.4. The van der Waals surface area contributed by atoms with Crippen molar-refractivity contribution in [2.24, 2.45) is 0 Å². The van der Waals surface area contributed by atoms with E-state index in [4.69, 9.17) is 4.74 Å². The number of benzene rings is 1. The molecule has 0 aliphatic rings. The van der Waals surface area contributed by atoms with Crippen LogP contribution in [0.15, 0.2) is 30.3 Å². The Morgan fingerprint density at radius 1 is 0.938 bits per heavy atom. The number of esters is 2. The van der Waals surface area contributed by atoms with Crippen molar-refractivity contribution in [3.05, 3.63) is 35.9 Å². The molecule has 8 nitrogen and oxygen atoms in total. The lowest BCUT2D eigenvalue weighted by atomic mass is 10.1. The normalized spacial score (nSPS) is 12.3. The molecule has 2 amide bonds. The van der Waals surface area contributed by atoms with E-state index in [1.807, 2.05) is 30.3 Å². The average molecular weight is 449 g/mol. The predicted octanol–water partition coefficient (Wildman–Crippen LogP) is 3.03. The fourth-order valence-electron chi connectivity index (χ4n) is 3.05. The van der Waals surface area contributed by atoms with Crippen LogP contribution in [0.25, 0.3) is 0 Å². The van der Waals surface area contributed by atoms with Crippen molar-refractivity contribution in [2.75, 3.05) is 7.11 Å². The van der Waals surface area contributed by atoms with Crippen molar-refractivity contribution in [2.45, 2.75) is 83.9 Å². The van der Waals surface area contributed by atoms with Gasteiger partial charge in [-0.1, -0.05) is 62.9 Å². The van der Waals surface area contributed by atoms with E-state index in [0.29, 0.717) is 6.42 Å². The third-order valence-corrected chi connectivity index (χ3v) is 4.95. The van der Waals surface area contributed by atoms with Gasteiger partial charge in [0.25, 0.3) is 0 Å². The Labute approximate surface area is 190 Å². The highest BCUT2D eigenvalue weighted by Gasteiger charge is 2.25. The summed E-state index contributed by atoms with van der Waals surface area (Å²) < 4.78 is 9.86. The van der Waals surface area contributed by atoms with E-state index in [1.54, 1.807) is 0 Å². The van der Waals surface area contributed by atoms with E-state index in [-0.39, 0.29) is 25.4 Å². The molecule has 0 bridgehead atoms. The van der Waals surface area contributed by atoms with Gasteiger partial charge in [0.05, 0.1) is 7.11 Å². The second-order valence-corrected chi connectivity index (χ2v) is 7.72. The van der Waals surface area contributed by atoms with Crippen LogP contribution in [0.2, 0.25) is 0 Å². The maximum absolute atomic E-state index is 12.6. The molecule has 1 aromatic carbocycles. The van der Waals surface area contributed by atoms with Crippen LogP contribution in [-0.2, 0) is 35.3 Å². The molecule has 32 heavy (non-hydrogen) atoms. The second kappa shape index (κ2) is 15.8. The number of amides is 2. The molecule has 0 fully saturated rings. The summed E-state index contributed by atoms with van der Waals surface area (Å²) in [5, 5.41) is 5.21. The zero-order chi connectivity index (χ0) is 23.8. The van der Waals surface area contributed by atoms with Crippen LogP contribution >= 0.6 is 0 Å². The quantitative estimate of drug-likeness (QED) is 0.315. The predicted molar refractivity (Wildman–Crippen MR) is 120 cm³/mol. The van der Waals surface area contributed by atoms with Gasteiger partial charge in [0, 0.05) is 12.8 Å². The van der Waals surface area contributed by atoms with Crippen molar-refractivity contribution in [3.8, 4) is 0 Å². The first-order valence-corrected chi connectivity index (χ1v) is 11.2. The number of carbonyl (C=O) groups is 4. The lowest BCUT2D eigenvalue weighted by Crippen LogP contribution is -2.51. The first kappa shape index (κ1) is 27.1. The van der Waals surface area contributed by atoms with Crippen LogP contribution in [0, 0.1) is 0 Å². The lowest BCUT2D eigenvalue weighted by Gasteiger charge is -2.20. The Kier molecular flexibility index (Phi) is 13.4. The van der Waals surface area contributed by atoms with E-state index >= 15 is 0 Å². The molecule has 0 saturated heterocycles. The van der Waals surface area contributed by atoms with Crippen LogP contribution in [-0.4, -0.2) is 42.9 Å². The van der Waals surface area contributed by atoms with Gasteiger partial charge in [-0.25, -0.2) is 4.79 Å². The number of hydrogen-bond acceptors (Lipinski definition) is 6. The van der Waals surface area contributed by atoms with Crippen molar-refractivity contribution >= 4 is 23.8 Å². The van der Waals surface area contributed by atoms with E-state index in [1.165, 1.54) is 14.0 Å². The maximum atomic E-state index is 12.6. The smallest absolute Gasteiger partial charge is 0.328 e. The van der Waals surface area contributed by atoms with E-state index < -0.39 is 29.9 Å². The highest BCUT2D eigenvalue weighted by Crippen LogP contribution is 2.08. The highest BCUT2D eigenvalue weighted by atomic mass is 16.5. The molecule has 0 spiro atoms. The third kappa shape index (κ3) is 11.5. The summed E-state index contributed by atoms with van der Waals surface area (Å²) in [6.45, 7) is 3.75. The summed E-state index contributed by atoms with van der Waals surface area (Å²) in [6, 6.07) is 7.45. The minimum Gasteiger partial charge on any atom is -0.467 e. The van der Waals surface area contributed by atoms with Crippen LogP contribution in [0.5, 0.6) is 0 Å². The van der Waals surface area contributed by atoms with Gasteiger partial charge in [0.2, 0.25) is 11.8 Å². The third-order valence-electron chi connectivity index (χ3n) is 4.95. The van der Waals surface area contributed by atoms with Crippen molar-refractivity contribution < 1.29 is 28.7 Å². The summed E-state index contributed by atoms with van der Waals surface area (Å²) >= 11 is 0. The fourth-order valence-corrected chi connectivity index (χ4v) is 3.05. The van der Waals surface area contributed by atoms with E-state index in [0.717, 1.165) is 37.7 Å². The summed E-state index contributed by atoms with van der Waals surface area (Å²) in [4.78, 5) is 48.7. The van der Waals surface area contributed by atoms with Gasteiger partial charge in [0.1, 0.15) is 18.7 Å². The number of hydrogen-bond donors (Lipinski definition) is 2. The Bertz CT molecular complexity index is 722. The molecule has 2 atom stereocenters. The topological polar surface area (TPSA) is 111 Å². The van der Waals surface area contributed by atoms with Gasteiger partial charge in [-0.15, -0.1) is 0 Å². The molecule has 8 heteroatoms. The van der Waals surface area contributed by atoms with Gasteiger partial charge in [-0.05, 0) is 25.3 Å². The van der Waals surface area contributed by atoms with Gasteiger partial charge in [-0.3, -0.25) is 14.4 Å². The molecule has 0 saturated carbocycles. The average Bonchev–Trinajstić information content (AvgIpc) is 2.80. The molecular weight excluding hydrogens is 412 g/mol. The zero-order valence-electron chi connectivity index (χ0n) is 19.4. The minimum absolute atomic E-state index is 0.0473. The molecule has 1 aromatic rings. The number of unbranched alkanes of at least 4 members (excludes halogenated alkanes) is 4. The summed E-state index contributed by atoms with van der Waals surface area (Å²) in [5.41, 5.74) is 0.860. The number of rotatable bonds is 15. The van der Waals surface area contributed by atoms with Crippen LogP contribution < -0.4 is 10.6 Å². The lowest BCUT2D eigenvalue weighted by molar-refractivity contribution is -0.146. The Hall–Kier alpha value is -2.90. The van der Waals surface area contributed by atoms with Crippen LogP contribution in [0.1, 0.15) is 70.8 Å². The summed E-state index contributed by atoms with van der Waals surface area (Å²) in [5.74, 6) is -1.87. The van der Waals surface area contributed by atoms with Crippen molar-refractivity contribution in [1.29, 1.82) is 0 Å². The minimum atomic E-state index is -0.950. The van der Waals surface area contributed by atoms with Gasteiger partial charge in [0.15, 0.2) is 0 Å². The summed E-state index contributed by atoms with van der Waals surface area (Å²) in [6.07, 6.45) is 5.32.